The monoisotopic (exact) mass is 332 g/mol. The van der Waals surface area contributed by atoms with Gasteiger partial charge in [-0.05, 0) is 25.5 Å². The highest BCUT2D eigenvalue weighted by atomic mass is 16.5. The van der Waals surface area contributed by atoms with Crippen LogP contribution in [-0.2, 0) is 14.3 Å². The van der Waals surface area contributed by atoms with Gasteiger partial charge in [0.15, 0.2) is 6.61 Å². The quantitative estimate of drug-likeness (QED) is 0.795. The van der Waals surface area contributed by atoms with Gasteiger partial charge < -0.3 is 19.3 Å². The molecule has 24 heavy (non-hydrogen) atoms. The maximum Gasteiger partial charge on any atom is 0.265 e. The maximum atomic E-state index is 12.5. The smallest absolute Gasteiger partial charge is 0.265 e. The Morgan fingerprint density at radius 1 is 1.38 bits per heavy atom. The molecule has 0 aliphatic carbocycles. The number of para-hydroxylation sites is 2. The van der Waals surface area contributed by atoms with Crippen LogP contribution in [0.15, 0.2) is 24.3 Å². The highest BCUT2D eigenvalue weighted by Crippen LogP contribution is 2.31. The Morgan fingerprint density at radius 3 is 2.96 bits per heavy atom. The number of hydrogen-bond acceptors (Lipinski definition) is 4. The zero-order chi connectivity index (χ0) is 16.9. The SMILES string of the molecule is CCN(C[C@H]1CCOC1)C(=O)CCN1C(=O)COc2ccccc21. The maximum absolute atomic E-state index is 12.5. The molecular formula is C18H24N2O4. The van der Waals surface area contributed by atoms with E-state index in [-0.39, 0.29) is 18.4 Å². The number of amides is 2. The van der Waals surface area contributed by atoms with Crippen LogP contribution in [0.3, 0.4) is 0 Å². The number of carbonyl (C=O) groups is 2. The number of anilines is 1. The molecule has 0 radical (unpaired) electrons. The first-order valence-electron chi connectivity index (χ1n) is 8.56. The van der Waals surface area contributed by atoms with E-state index < -0.39 is 0 Å². The van der Waals surface area contributed by atoms with Gasteiger partial charge in [0.2, 0.25) is 5.91 Å². The lowest BCUT2D eigenvalue weighted by atomic mass is 10.1. The Bertz CT molecular complexity index is 598. The van der Waals surface area contributed by atoms with Gasteiger partial charge in [-0.1, -0.05) is 12.1 Å². The lowest BCUT2D eigenvalue weighted by molar-refractivity contribution is -0.131. The molecule has 0 N–H and O–H groups in total. The van der Waals surface area contributed by atoms with E-state index in [9.17, 15) is 9.59 Å². The molecule has 2 heterocycles. The van der Waals surface area contributed by atoms with E-state index in [0.717, 1.165) is 31.9 Å². The molecule has 0 saturated carbocycles. The zero-order valence-corrected chi connectivity index (χ0v) is 14.1. The zero-order valence-electron chi connectivity index (χ0n) is 14.1. The van der Waals surface area contributed by atoms with Crippen molar-refractivity contribution >= 4 is 17.5 Å². The van der Waals surface area contributed by atoms with E-state index in [2.05, 4.69) is 0 Å². The minimum absolute atomic E-state index is 0.0299. The van der Waals surface area contributed by atoms with Gasteiger partial charge in [-0.2, -0.15) is 0 Å². The predicted molar refractivity (Wildman–Crippen MR) is 90.1 cm³/mol. The second-order valence-corrected chi connectivity index (χ2v) is 6.21. The summed E-state index contributed by atoms with van der Waals surface area (Å²) in [5.74, 6) is 1.11. The van der Waals surface area contributed by atoms with Crippen LogP contribution in [0.5, 0.6) is 5.75 Å². The molecule has 1 aromatic rings. The Hall–Kier alpha value is -2.08. The lowest BCUT2D eigenvalue weighted by Gasteiger charge is -2.30. The van der Waals surface area contributed by atoms with Crippen LogP contribution in [-0.4, -0.2) is 56.2 Å². The summed E-state index contributed by atoms with van der Waals surface area (Å²) in [4.78, 5) is 28.2. The average molecular weight is 332 g/mol. The van der Waals surface area contributed by atoms with Crippen molar-refractivity contribution in [2.24, 2.45) is 5.92 Å². The van der Waals surface area contributed by atoms with Gasteiger partial charge in [0.1, 0.15) is 5.75 Å². The Labute approximate surface area is 142 Å². The summed E-state index contributed by atoms with van der Waals surface area (Å²) in [5.41, 5.74) is 0.744. The number of ether oxygens (including phenoxy) is 2. The first kappa shape index (κ1) is 16.8. The topological polar surface area (TPSA) is 59.1 Å². The third kappa shape index (κ3) is 3.70. The number of nitrogens with zero attached hydrogens (tertiary/aromatic N) is 2. The third-order valence-electron chi connectivity index (χ3n) is 4.59. The third-order valence-corrected chi connectivity index (χ3v) is 4.59. The van der Waals surface area contributed by atoms with Crippen LogP contribution in [0, 0.1) is 5.92 Å². The second-order valence-electron chi connectivity index (χ2n) is 6.21. The summed E-state index contributed by atoms with van der Waals surface area (Å²) in [6.07, 6.45) is 1.33. The van der Waals surface area contributed by atoms with Crippen molar-refractivity contribution in [3.05, 3.63) is 24.3 Å². The Balaban J connectivity index is 1.59. The number of fused-ring (bicyclic) bond motifs is 1. The van der Waals surface area contributed by atoms with Gasteiger partial charge in [-0.25, -0.2) is 0 Å². The minimum atomic E-state index is -0.103. The number of hydrogen-bond donors (Lipinski definition) is 0. The Morgan fingerprint density at radius 2 is 2.21 bits per heavy atom. The summed E-state index contributed by atoms with van der Waals surface area (Å²) < 4.78 is 10.8. The molecule has 2 aliphatic rings. The largest absolute Gasteiger partial charge is 0.482 e. The fourth-order valence-electron chi connectivity index (χ4n) is 3.21. The van der Waals surface area contributed by atoms with Crippen molar-refractivity contribution in [2.45, 2.75) is 19.8 Å². The highest BCUT2D eigenvalue weighted by molar-refractivity contribution is 5.98. The summed E-state index contributed by atoms with van der Waals surface area (Å²) in [7, 11) is 0. The molecule has 0 spiro atoms. The summed E-state index contributed by atoms with van der Waals surface area (Å²) in [5, 5.41) is 0. The van der Waals surface area contributed by atoms with Crippen molar-refractivity contribution in [1.29, 1.82) is 0 Å². The van der Waals surface area contributed by atoms with Gasteiger partial charge in [0, 0.05) is 38.6 Å². The Kier molecular flexibility index (Phi) is 5.35. The first-order chi connectivity index (χ1) is 11.7. The van der Waals surface area contributed by atoms with Crippen LogP contribution in [0.4, 0.5) is 5.69 Å². The average Bonchev–Trinajstić information content (AvgIpc) is 3.11. The number of carbonyl (C=O) groups excluding carboxylic acids is 2. The van der Waals surface area contributed by atoms with Crippen LogP contribution in [0.2, 0.25) is 0 Å². The molecule has 0 bridgehead atoms. The molecule has 6 heteroatoms. The van der Waals surface area contributed by atoms with E-state index in [1.54, 1.807) is 4.90 Å². The molecule has 6 nitrogen and oxygen atoms in total. The van der Waals surface area contributed by atoms with Crippen LogP contribution >= 0.6 is 0 Å². The molecule has 2 aliphatic heterocycles. The van der Waals surface area contributed by atoms with Crippen molar-refractivity contribution in [2.75, 3.05) is 44.4 Å². The number of benzene rings is 1. The second kappa shape index (κ2) is 7.66. The van der Waals surface area contributed by atoms with E-state index >= 15 is 0 Å². The van der Waals surface area contributed by atoms with Gasteiger partial charge in [0.05, 0.1) is 12.3 Å². The molecule has 0 aromatic heterocycles. The molecule has 1 aromatic carbocycles. The molecule has 1 fully saturated rings. The van der Waals surface area contributed by atoms with Gasteiger partial charge in [0.25, 0.3) is 5.91 Å². The molecule has 1 atom stereocenters. The summed E-state index contributed by atoms with van der Waals surface area (Å²) in [6.45, 7) is 5.35. The normalized spacial score (nSPS) is 19.8. The van der Waals surface area contributed by atoms with Crippen molar-refractivity contribution in [1.82, 2.24) is 4.90 Å². The van der Waals surface area contributed by atoms with Crippen LogP contribution in [0.1, 0.15) is 19.8 Å². The van der Waals surface area contributed by atoms with Crippen molar-refractivity contribution < 1.29 is 19.1 Å². The molecule has 130 valence electrons. The predicted octanol–water partition coefficient (Wildman–Crippen LogP) is 1.69. The molecule has 1 saturated heterocycles. The standard InChI is InChI=1S/C18H24N2O4/c1-2-19(11-14-8-10-23-12-14)17(21)7-9-20-15-5-3-4-6-16(15)24-13-18(20)22/h3-6,14H,2,7-13H2,1H3/t14-/m1/s1. The molecule has 2 amide bonds. The first-order valence-corrected chi connectivity index (χ1v) is 8.56. The minimum Gasteiger partial charge on any atom is -0.482 e. The summed E-state index contributed by atoms with van der Waals surface area (Å²) >= 11 is 0. The van der Waals surface area contributed by atoms with E-state index in [1.807, 2.05) is 36.1 Å². The highest BCUT2D eigenvalue weighted by Gasteiger charge is 2.27. The molecule has 0 unspecified atom stereocenters. The van der Waals surface area contributed by atoms with E-state index in [4.69, 9.17) is 9.47 Å². The fourth-order valence-corrected chi connectivity index (χ4v) is 3.21. The number of rotatable bonds is 6. The van der Waals surface area contributed by atoms with Crippen molar-refractivity contribution in [3.63, 3.8) is 0 Å². The van der Waals surface area contributed by atoms with Crippen molar-refractivity contribution in [3.8, 4) is 5.75 Å². The fraction of sp³-hybridized carbons (Fsp3) is 0.556. The molecular weight excluding hydrogens is 308 g/mol. The van der Waals surface area contributed by atoms with Crippen LogP contribution in [0.25, 0.3) is 0 Å². The lowest BCUT2D eigenvalue weighted by Crippen LogP contribution is -2.42. The molecule has 3 rings (SSSR count). The van der Waals surface area contributed by atoms with E-state index in [1.165, 1.54) is 0 Å². The van der Waals surface area contributed by atoms with Gasteiger partial charge >= 0.3 is 0 Å². The van der Waals surface area contributed by atoms with Crippen LogP contribution < -0.4 is 9.64 Å². The van der Waals surface area contributed by atoms with E-state index in [0.29, 0.717) is 31.2 Å². The van der Waals surface area contributed by atoms with Gasteiger partial charge in [-0.3, -0.25) is 9.59 Å². The summed E-state index contributed by atoms with van der Waals surface area (Å²) in [6, 6.07) is 7.44. The van der Waals surface area contributed by atoms with Gasteiger partial charge in [-0.15, -0.1) is 0 Å².